The smallest absolute Gasteiger partial charge is 0.256 e. The van der Waals surface area contributed by atoms with Gasteiger partial charge in [-0.1, -0.05) is 25.1 Å². The Bertz CT molecular complexity index is 1420. The first-order valence-electron chi connectivity index (χ1n) is 13.0. The number of likely N-dealkylation sites (tertiary alicyclic amines) is 1. The van der Waals surface area contributed by atoms with Gasteiger partial charge in [0.2, 0.25) is 0 Å². The second kappa shape index (κ2) is 10.7. The third-order valence-electron chi connectivity index (χ3n) is 7.59. The maximum absolute atomic E-state index is 12.6. The highest BCUT2D eigenvalue weighted by Crippen LogP contribution is 2.64. The lowest BCUT2D eigenvalue weighted by Gasteiger charge is -2.29. The first-order valence-corrected chi connectivity index (χ1v) is 13.0. The van der Waals surface area contributed by atoms with Gasteiger partial charge >= 0.3 is 0 Å². The molecule has 1 saturated heterocycles. The Morgan fingerprint density at radius 1 is 1.13 bits per heavy atom. The van der Waals surface area contributed by atoms with Crippen LogP contribution < -0.4 is 11.1 Å². The minimum atomic E-state index is -0.205. The number of nitrogen functional groups attached to an aromatic ring is 1. The molecule has 1 saturated carbocycles. The summed E-state index contributed by atoms with van der Waals surface area (Å²) >= 11 is 0. The van der Waals surface area contributed by atoms with Gasteiger partial charge in [0.15, 0.2) is 0 Å². The average Bonchev–Trinajstić information content (AvgIpc) is 3.50. The Labute approximate surface area is 222 Å². The highest BCUT2D eigenvalue weighted by atomic mass is 16.1. The Morgan fingerprint density at radius 3 is 2.53 bits per heavy atom. The number of hydrogen-bond donors (Lipinski definition) is 2. The molecule has 4 heterocycles. The van der Waals surface area contributed by atoms with Gasteiger partial charge in [0.1, 0.15) is 35.0 Å². The van der Waals surface area contributed by atoms with Crippen molar-refractivity contribution in [3.63, 3.8) is 0 Å². The molecule has 196 valence electrons. The number of fused-ring (bicyclic) bond motifs is 1. The molecule has 1 aliphatic heterocycles. The number of nitrogens with zero attached hydrogens (tertiary/aromatic N) is 5. The van der Waals surface area contributed by atoms with Crippen LogP contribution in [0.3, 0.4) is 0 Å². The third kappa shape index (κ3) is 5.02. The second-order valence-corrected chi connectivity index (χ2v) is 10.1. The molecule has 6 rings (SSSR count). The number of carbonyl (C=O) groups excluding carboxylic acids is 2. The first-order chi connectivity index (χ1) is 18.5. The topological polar surface area (TPSA) is 119 Å². The third-order valence-corrected chi connectivity index (χ3v) is 7.59. The molecule has 2 aliphatic rings. The van der Waals surface area contributed by atoms with E-state index >= 15 is 0 Å². The van der Waals surface area contributed by atoms with Gasteiger partial charge in [-0.05, 0) is 69.1 Å². The number of carbonyl (C=O) groups is 2. The van der Waals surface area contributed by atoms with Crippen LogP contribution in [0.15, 0.2) is 61.1 Å². The van der Waals surface area contributed by atoms with E-state index in [0.717, 1.165) is 42.0 Å². The Morgan fingerprint density at radius 2 is 1.87 bits per heavy atom. The van der Waals surface area contributed by atoms with E-state index in [1.165, 1.54) is 19.3 Å². The van der Waals surface area contributed by atoms with Gasteiger partial charge in [0, 0.05) is 42.1 Å². The fraction of sp³-hybridized carbons (Fsp3) is 0.345. The summed E-state index contributed by atoms with van der Waals surface area (Å²) in [5, 5.41) is 2.82. The number of piperidine rings is 1. The number of nitrogens with two attached hydrogens (primary N) is 1. The molecule has 3 N–H and O–H groups in total. The Kier molecular flexibility index (Phi) is 7.20. The number of benzene rings is 1. The molecule has 1 spiro atoms. The molecule has 1 aliphatic carbocycles. The number of aldehydes is 1. The van der Waals surface area contributed by atoms with Gasteiger partial charge < -0.3 is 20.7 Å². The van der Waals surface area contributed by atoms with Crippen molar-refractivity contribution in [2.45, 2.75) is 38.5 Å². The molecule has 3 aromatic heterocycles. The number of hydrogen-bond acceptors (Lipinski definition) is 7. The van der Waals surface area contributed by atoms with Crippen LogP contribution in [0, 0.1) is 5.41 Å². The second-order valence-electron chi connectivity index (χ2n) is 10.1. The SMILES string of the molecule is CCC=O.CN1CCC2(CC1)CC2c1nc(-c2ccc(C(=O)Nc3ccccn3)cc2)c2c(N)nccn12. The molecule has 4 aromatic rings. The highest BCUT2D eigenvalue weighted by molar-refractivity contribution is 6.04. The number of aromatic nitrogens is 4. The molecule has 1 aromatic carbocycles. The number of pyridine rings is 1. The van der Waals surface area contributed by atoms with Crippen molar-refractivity contribution in [3.8, 4) is 11.3 Å². The molecule has 0 bridgehead atoms. The van der Waals surface area contributed by atoms with Crippen LogP contribution in [-0.4, -0.2) is 56.6 Å². The van der Waals surface area contributed by atoms with Crippen molar-refractivity contribution < 1.29 is 9.59 Å². The van der Waals surface area contributed by atoms with Crippen LogP contribution in [0.5, 0.6) is 0 Å². The fourth-order valence-electron chi connectivity index (χ4n) is 5.27. The van der Waals surface area contributed by atoms with Gasteiger partial charge in [0.05, 0.1) is 0 Å². The number of rotatable bonds is 5. The molecule has 1 unspecified atom stereocenters. The van der Waals surface area contributed by atoms with E-state index in [4.69, 9.17) is 10.7 Å². The largest absolute Gasteiger partial charge is 0.382 e. The summed E-state index contributed by atoms with van der Waals surface area (Å²) in [5.74, 6) is 2.29. The number of amides is 1. The van der Waals surface area contributed by atoms with E-state index in [1.807, 2.05) is 37.4 Å². The lowest BCUT2D eigenvalue weighted by atomic mass is 9.91. The molecule has 9 nitrogen and oxygen atoms in total. The Balaban J connectivity index is 0.000000689. The summed E-state index contributed by atoms with van der Waals surface area (Å²) in [5.41, 5.74) is 9.80. The highest BCUT2D eigenvalue weighted by Gasteiger charge is 2.57. The van der Waals surface area contributed by atoms with Crippen molar-refractivity contribution in [2.24, 2.45) is 5.41 Å². The molecule has 0 radical (unpaired) electrons. The van der Waals surface area contributed by atoms with Crippen molar-refractivity contribution in [1.82, 2.24) is 24.3 Å². The van der Waals surface area contributed by atoms with Crippen LogP contribution in [0.25, 0.3) is 16.8 Å². The molecule has 1 atom stereocenters. The van der Waals surface area contributed by atoms with Crippen LogP contribution in [0.1, 0.15) is 54.7 Å². The van der Waals surface area contributed by atoms with Crippen LogP contribution in [0.2, 0.25) is 0 Å². The minimum absolute atomic E-state index is 0.205. The van der Waals surface area contributed by atoms with Crippen molar-refractivity contribution in [1.29, 1.82) is 0 Å². The number of anilines is 2. The van der Waals surface area contributed by atoms with E-state index in [0.29, 0.717) is 35.0 Å². The van der Waals surface area contributed by atoms with Crippen LogP contribution in [0.4, 0.5) is 11.6 Å². The van der Waals surface area contributed by atoms with E-state index in [-0.39, 0.29) is 5.91 Å². The maximum atomic E-state index is 12.6. The van der Waals surface area contributed by atoms with Crippen LogP contribution in [-0.2, 0) is 4.79 Å². The average molecular weight is 512 g/mol. The fourth-order valence-corrected chi connectivity index (χ4v) is 5.27. The lowest BCUT2D eigenvalue weighted by molar-refractivity contribution is -0.107. The zero-order chi connectivity index (χ0) is 26.7. The predicted molar refractivity (Wildman–Crippen MR) is 148 cm³/mol. The molecule has 1 amide bonds. The standard InChI is InChI=1S/C26H27N7O.C3H6O/c1-32-13-9-26(10-14-32)16-19(26)24-31-21(22-23(27)29-12-15-33(22)24)17-5-7-18(8-6-17)25(34)30-20-4-2-3-11-28-20;1-2-3-4/h2-8,11-12,15,19H,9-10,13-14,16H2,1H3,(H2,27,29)(H,28,30,34);3H,2H2,1H3. The van der Waals surface area contributed by atoms with E-state index in [9.17, 15) is 9.59 Å². The summed E-state index contributed by atoms with van der Waals surface area (Å²) in [6.07, 6.45) is 10.5. The monoisotopic (exact) mass is 511 g/mol. The predicted octanol–water partition coefficient (Wildman–Crippen LogP) is 4.42. The lowest BCUT2D eigenvalue weighted by Crippen LogP contribution is -2.31. The van der Waals surface area contributed by atoms with E-state index < -0.39 is 0 Å². The van der Waals surface area contributed by atoms with Crippen LogP contribution >= 0.6 is 0 Å². The number of nitrogens with one attached hydrogen (secondary N) is 1. The Hall–Kier alpha value is -4.11. The number of imidazole rings is 1. The van der Waals surface area contributed by atoms with E-state index in [2.05, 4.69) is 31.6 Å². The maximum Gasteiger partial charge on any atom is 0.256 e. The van der Waals surface area contributed by atoms with Gasteiger partial charge in [-0.2, -0.15) is 0 Å². The summed E-state index contributed by atoms with van der Waals surface area (Å²) in [4.78, 5) is 37.8. The van der Waals surface area contributed by atoms with Gasteiger partial charge in [-0.3, -0.25) is 9.20 Å². The molecular weight excluding hydrogens is 478 g/mol. The van der Waals surface area contributed by atoms with E-state index in [1.54, 1.807) is 30.6 Å². The van der Waals surface area contributed by atoms with Gasteiger partial charge in [-0.25, -0.2) is 15.0 Å². The van der Waals surface area contributed by atoms with Gasteiger partial charge in [0.25, 0.3) is 5.91 Å². The molecule has 9 heteroatoms. The minimum Gasteiger partial charge on any atom is -0.382 e. The molecular formula is C29H33N7O2. The molecule has 38 heavy (non-hydrogen) atoms. The van der Waals surface area contributed by atoms with Crippen molar-refractivity contribution >= 4 is 29.3 Å². The summed E-state index contributed by atoms with van der Waals surface area (Å²) < 4.78 is 2.12. The van der Waals surface area contributed by atoms with Crippen molar-refractivity contribution in [2.75, 3.05) is 31.2 Å². The summed E-state index contributed by atoms with van der Waals surface area (Å²) in [7, 11) is 2.19. The normalized spacial score (nSPS) is 18.0. The summed E-state index contributed by atoms with van der Waals surface area (Å²) in [6, 6.07) is 12.9. The van der Waals surface area contributed by atoms with Gasteiger partial charge in [-0.15, -0.1) is 0 Å². The van der Waals surface area contributed by atoms with Crippen molar-refractivity contribution in [3.05, 3.63) is 72.4 Å². The zero-order valence-electron chi connectivity index (χ0n) is 21.8. The zero-order valence-corrected chi connectivity index (χ0v) is 21.8. The molecule has 2 fully saturated rings. The quantitative estimate of drug-likeness (QED) is 0.381. The summed E-state index contributed by atoms with van der Waals surface area (Å²) in [6.45, 7) is 4.09. The first kappa shape index (κ1) is 25.5.